The molecule has 0 bridgehead atoms. The normalized spacial score (nSPS) is 16.4. The Morgan fingerprint density at radius 3 is 2.91 bits per heavy atom. The maximum atomic E-state index is 13.5. The number of fused-ring (bicyclic) bond motifs is 1. The number of hydrogen-bond acceptors (Lipinski definition) is 2. The number of urea groups is 1. The van der Waals surface area contributed by atoms with E-state index in [0.29, 0.717) is 24.3 Å². The Balaban J connectivity index is 1.59. The Hall–Kier alpha value is -2.56. The zero-order valence-corrected chi connectivity index (χ0v) is 12.2. The molecule has 2 aromatic rings. The fourth-order valence-corrected chi connectivity index (χ4v) is 2.44. The second-order valence-electron chi connectivity index (χ2n) is 5.38. The second-order valence-corrected chi connectivity index (χ2v) is 5.38. The molecule has 1 atom stereocenters. The van der Waals surface area contributed by atoms with Gasteiger partial charge in [-0.3, -0.25) is 0 Å². The van der Waals surface area contributed by atoms with Gasteiger partial charge < -0.3 is 15.4 Å². The summed E-state index contributed by atoms with van der Waals surface area (Å²) in [6, 6.07) is 11.9. The molecule has 0 fully saturated rings. The van der Waals surface area contributed by atoms with E-state index in [0.717, 1.165) is 11.3 Å². The van der Waals surface area contributed by atoms with Crippen LogP contribution in [-0.4, -0.2) is 18.7 Å². The molecule has 0 spiro atoms. The van der Waals surface area contributed by atoms with E-state index in [9.17, 15) is 9.18 Å². The van der Waals surface area contributed by atoms with Gasteiger partial charge in [0.05, 0.1) is 6.04 Å². The van der Waals surface area contributed by atoms with Gasteiger partial charge in [-0.25, -0.2) is 9.18 Å². The van der Waals surface area contributed by atoms with Crippen LogP contribution >= 0.6 is 0 Å². The van der Waals surface area contributed by atoms with E-state index in [2.05, 4.69) is 10.6 Å². The Morgan fingerprint density at radius 1 is 1.27 bits per heavy atom. The molecule has 0 aliphatic carbocycles. The highest BCUT2D eigenvalue weighted by atomic mass is 19.1. The summed E-state index contributed by atoms with van der Waals surface area (Å²) in [5, 5.41) is 5.48. The summed E-state index contributed by atoms with van der Waals surface area (Å²) in [7, 11) is 0. The monoisotopic (exact) mass is 300 g/mol. The summed E-state index contributed by atoms with van der Waals surface area (Å²) in [6.45, 7) is 2.10. The minimum atomic E-state index is -0.365. The molecule has 2 N–H and O–H groups in total. The number of halogens is 1. The van der Waals surface area contributed by atoms with Crippen LogP contribution in [-0.2, 0) is 6.42 Å². The van der Waals surface area contributed by atoms with Crippen molar-refractivity contribution in [3.63, 3.8) is 0 Å². The lowest BCUT2D eigenvalue weighted by Gasteiger charge is -2.26. The largest absolute Gasteiger partial charge is 0.491 e. The molecule has 1 aliphatic rings. The van der Waals surface area contributed by atoms with Crippen molar-refractivity contribution in [2.75, 3.05) is 11.9 Å². The molecule has 0 saturated carbocycles. The van der Waals surface area contributed by atoms with Crippen molar-refractivity contribution in [2.24, 2.45) is 0 Å². The third-order valence-corrected chi connectivity index (χ3v) is 3.64. The molecular weight excluding hydrogens is 283 g/mol. The van der Waals surface area contributed by atoms with Crippen LogP contribution in [0.3, 0.4) is 0 Å². The van der Waals surface area contributed by atoms with Gasteiger partial charge in [-0.05, 0) is 42.7 Å². The number of anilines is 1. The van der Waals surface area contributed by atoms with Crippen molar-refractivity contribution in [3.05, 3.63) is 59.4 Å². The SMILES string of the molecule is Cc1ccc(NC(=O)NC2COc3ccccc3C2)cc1F. The number of amides is 2. The summed E-state index contributed by atoms with van der Waals surface area (Å²) < 4.78 is 19.1. The van der Waals surface area contributed by atoms with Crippen molar-refractivity contribution in [3.8, 4) is 5.75 Å². The minimum Gasteiger partial charge on any atom is -0.491 e. The Labute approximate surface area is 128 Å². The summed E-state index contributed by atoms with van der Waals surface area (Å²) in [5.41, 5.74) is 2.04. The number of carbonyl (C=O) groups is 1. The third kappa shape index (κ3) is 3.19. The lowest BCUT2D eigenvalue weighted by Crippen LogP contribution is -2.44. The number of benzene rings is 2. The molecule has 2 aromatic carbocycles. The molecule has 22 heavy (non-hydrogen) atoms. The molecule has 114 valence electrons. The first-order valence-electron chi connectivity index (χ1n) is 7.16. The van der Waals surface area contributed by atoms with Crippen LogP contribution in [0.2, 0.25) is 0 Å². The smallest absolute Gasteiger partial charge is 0.319 e. The van der Waals surface area contributed by atoms with Gasteiger partial charge >= 0.3 is 6.03 Å². The van der Waals surface area contributed by atoms with Crippen LogP contribution in [0.5, 0.6) is 5.75 Å². The van der Waals surface area contributed by atoms with Gasteiger partial charge in [0.25, 0.3) is 0 Å². The number of hydrogen-bond donors (Lipinski definition) is 2. The average molecular weight is 300 g/mol. The van der Waals surface area contributed by atoms with E-state index in [1.165, 1.54) is 6.07 Å². The molecule has 0 radical (unpaired) electrons. The predicted molar refractivity (Wildman–Crippen MR) is 82.7 cm³/mol. The van der Waals surface area contributed by atoms with Gasteiger partial charge in [-0.1, -0.05) is 24.3 Å². The fraction of sp³-hybridized carbons (Fsp3) is 0.235. The maximum Gasteiger partial charge on any atom is 0.319 e. The zero-order valence-electron chi connectivity index (χ0n) is 12.2. The van der Waals surface area contributed by atoms with Crippen molar-refractivity contribution in [2.45, 2.75) is 19.4 Å². The van der Waals surface area contributed by atoms with Gasteiger partial charge in [-0.15, -0.1) is 0 Å². The van der Waals surface area contributed by atoms with Crippen molar-refractivity contribution >= 4 is 11.7 Å². The molecule has 0 aromatic heterocycles. The number of para-hydroxylation sites is 1. The van der Waals surface area contributed by atoms with Gasteiger partial charge in [0.1, 0.15) is 18.2 Å². The molecule has 1 heterocycles. The van der Waals surface area contributed by atoms with Gasteiger partial charge in [0.2, 0.25) is 0 Å². The Morgan fingerprint density at radius 2 is 2.09 bits per heavy atom. The molecule has 2 amide bonds. The van der Waals surface area contributed by atoms with Crippen molar-refractivity contribution in [1.29, 1.82) is 0 Å². The van der Waals surface area contributed by atoms with Crippen LogP contribution < -0.4 is 15.4 Å². The summed E-state index contributed by atoms with van der Waals surface area (Å²) >= 11 is 0. The number of aryl methyl sites for hydroxylation is 1. The maximum absolute atomic E-state index is 13.5. The molecule has 5 heteroatoms. The molecule has 0 saturated heterocycles. The van der Waals surface area contributed by atoms with E-state index in [4.69, 9.17) is 4.74 Å². The molecule has 4 nitrogen and oxygen atoms in total. The van der Waals surface area contributed by atoms with E-state index in [-0.39, 0.29) is 17.9 Å². The number of ether oxygens (including phenoxy) is 1. The summed E-state index contributed by atoms with van der Waals surface area (Å²) in [5.74, 6) is 0.522. The average Bonchev–Trinajstić information content (AvgIpc) is 2.51. The highest BCUT2D eigenvalue weighted by molar-refractivity contribution is 5.89. The lowest BCUT2D eigenvalue weighted by atomic mass is 10.0. The predicted octanol–water partition coefficient (Wildman–Crippen LogP) is 3.26. The molecule has 1 unspecified atom stereocenters. The van der Waals surface area contributed by atoms with E-state index >= 15 is 0 Å². The van der Waals surface area contributed by atoms with Crippen molar-refractivity contribution < 1.29 is 13.9 Å². The zero-order chi connectivity index (χ0) is 15.5. The van der Waals surface area contributed by atoms with Gasteiger partial charge in [0, 0.05) is 5.69 Å². The Bertz CT molecular complexity index is 703. The first kappa shape index (κ1) is 14.4. The topological polar surface area (TPSA) is 50.4 Å². The van der Waals surface area contributed by atoms with Crippen LogP contribution in [0.4, 0.5) is 14.9 Å². The molecule has 1 aliphatic heterocycles. The van der Waals surface area contributed by atoms with E-state index < -0.39 is 0 Å². The first-order chi connectivity index (χ1) is 10.6. The quantitative estimate of drug-likeness (QED) is 0.894. The lowest BCUT2D eigenvalue weighted by molar-refractivity contribution is 0.222. The fourth-order valence-electron chi connectivity index (χ4n) is 2.44. The third-order valence-electron chi connectivity index (χ3n) is 3.64. The highest BCUT2D eigenvalue weighted by Gasteiger charge is 2.21. The summed E-state index contributed by atoms with van der Waals surface area (Å²) in [6.07, 6.45) is 0.714. The standard InChI is InChI=1S/C17H17FN2O2/c1-11-6-7-13(9-15(11)18)19-17(21)20-14-8-12-4-2-3-5-16(12)22-10-14/h2-7,9,14H,8,10H2,1H3,(H2,19,20,21). The number of rotatable bonds is 2. The van der Waals surface area contributed by atoms with E-state index in [1.807, 2.05) is 24.3 Å². The molecular formula is C17H17FN2O2. The highest BCUT2D eigenvalue weighted by Crippen LogP contribution is 2.23. The van der Waals surface area contributed by atoms with E-state index in [1.54, 1.807) is 19.1 Å². The van der Waals surface area contributed by atoms with Crippen molar-refractivity contribution in [1.82, 2.24) is 5.32 Å². The van der Waals surface area contributed by atoms with Crippen LogP contribution in [0.15, 0.2) is 42.5 Å². The van der Waals surface area contributed by atoms with Crippen LogP contribution in [0.25, 0.3) is 0 Å². The first-order valence-corrected chi connectivity index (χ1v) is 7.16. The minimum absolute atomic E-state index is 0.106. The van der Waals surface area contributed by atoms with Gasteiger partial charge in [0.15, 0.2) is 0 Å². The number of carbonyl (C=O) groups excluding carboxylic acids is 1. The molecule has 3 rings (SSSR count). The Kier molecular flexibility index (Phi) is 3.96. The summed E-state index contributed by atoms with van der Waals surface area (Å²) in [4.78, 5) is 12.0. The number of nitrogens with one attached hydrogen (secondary N) is 2. The van der Waals surface area contributed by atoms with Crippen LogP contribution in [0.1, 0.15) is 11.1 Å². The van der Waals surface area contributed by atoms with Gasteiger partial charge in [-0.2, -0.15) is 0 Å². The van der Waals surface area contributed by atoms with Crippen LogP contribution in [0, 0.1) is 12.7 Å². The second kappa shape index (κ2) is 6.05.